The number of rotatable bonds is 6. The van der Waals surface area contributed by atoms with Crippen molar-refractivity contribution >= 4 is 5.78 Å². The molecular formula is C7H12F2O2. The van der Waals surface area contributed by atoms with Gasteiger partial charge in [-0.3, -0.25) is 4.79 Å². The molecule has 11 heavy (non-hydrogen) atoms. The lowest BCUT2D eigenvalue weighted by atomic mass is 10.2. The molecule has 0 aliphatic rings. The van der Waals surface area contributed by atoms with Crippen LogP contribution in [0.4, 0.5) is 8.78 Å². The smallest absolute Gasteiger partial charge is 0.261 e. The van der Waals surface area contributed by atoms with Gasteiger partial charge in [0.25, 0.3) is 6.43 Å². The number of alkyl halides is 2. The van der Waals surface area contributed by atoms with Crippen molar-refractivity contribution in [1.29, 1.82) is 0 Å². The van der Waals surface area contributed by atoms with E-state index >= 15 is 0 Å². The van der Waals surface area contributed by atoms with Crippen molar-refractivity contribution in [3.8, 4) is 0 Å². The molecule has 0 aliphatic heterocycles. The summed E-state index contributed by atoms with van der Waals surface area (Å²) < 4.78 is 27.3. The van der Waals surface area contributed by atoms with Crippen LogP contribution in [0.1, 0.15) is 19.8 Å². The quantitative estimate of drug-likeness (QED) is 0.599. The van der Waals surface area contributed by atoms with Crippen molar-refractivity contribution in [2.45, 2.75) is 26.2 Å². The van der Waals surface area contributed by atoms with Crippen molar-refractivity contribution in [3.05, 3.63) is 0 Å². The SMILES string of the molecule is CCCC(=O)COCC(F)F. The first-order valence-electron chi connectivity index (χ1n) is 3.54. The molecule has 0 rings (SSSR count). The topological polar surface area (TPSA) is 26.3 Å². The van der Waals surface area contributed by atoms with Crippen LogP contribution in [-0.4, -0.2) is 25.4 Å². The van der Waals surface area contributed by atoms with Crippen LogP contribution in [0.15, 0.2) is 0 Å². The van der Waals surface area contributed by atoms with Gasteiger partial charge in [0.05, 0.1) is 0 Å². The molecule has 0 saturated heterocycles. The van der Waals surface area contributed by atoms with Crippen LogP contribution in [0.2, 0.25) is 0 Å². The first-order valence-corrected chi connectivity index (χ1v) is 3.54. The Balaban J connectivity index is 3.17. The number of ketones is 1. The van der Waals surface area contributed by atoms with Gasteiger partial charge in [-0.2, -0.15) is 0 Å². The highest BCUT2D eigenvalue weighted by molar-refractivity contribution is 5.79. The summed E-state index contributed by atoms with van der Waals surface area (Å²) in [5.41, 5.74) is 0. The number of hydrogen-bond donors (Lipinski definition) is 0. The van der Waals surface area contributed by atoms with Gasteiger partial charge in [-0.15, -0.1) is 0 Å². The fourth-order valence-corrected chi connectivity index (χ4v) is 0.613. The maximum Gasteiger partial charge on any atom is 0.261 e. The summed E-state index contributed by atoms with van der Waals surface area (Å²) in [4.78, 5) is 10.7. The van der Waals surface area contributed by atoms with E-state index in [1.165, 1.54) is 0 Å². The lowest BCUT2D eigenvalue weighted by Crippen LogP contribution is -2.12. The average molecular weight is 166 g/mol. The molecule has 0 aliphatic carbocycles. The second-order valence-electron chi connectivity index (χ2n) is 2.19. The molecule has 0 bridgehead atoms. The van der Waals surface area contributed by atoms with Crippen LogP contribution in [0.3, 0.4) is 0 Å². The number of ether oxygens (including phenoxy) is 1. The Labute approximate surface area is 64.5 Å². The van der Waals surface area contributed by atoms with E-state index in [9.17, 15) is 13.6 Å². The molecule has 66 valence electrons. The molecule has 0 atom stereocenters. The zero-order valence-corrected chi connectivity index (χ0v) is 6.48. The molecule has 0 unspecified atom stereocenters. The van der Waals surface area contributed by atoms with Crippen LogP contribution in [0, 0.1) is 0 Å². The molecule has 0 saturated carbocycles. The largest absolute Gasteiger partial charge is 0.368 e. The predicted octanol–water partition coefficient (Wildman–Crippen LogP) is 1.64. The van der Waals surface area contributed by atoms with E-state index < -0.39 is 13.0 Å². The third-order valence-electron chi connectivity index (χ3n) is 1.04. The maximum absolute atomic E-state index is 11.4. The highest BCUT2D eigenvalue weighted by Gasteiger charge is 2.04. The van der Waals surface area contributed by atoms with Gasteiger partial charge in [-0.1, -0.05) is 6.92 Å². The maximum atomic E-state index is 11.4. The first kappa shape index (κ1) is 10.5. The second-order valence-corrected chi connectivity index (χ2v) is 2.19. The predicted molar refractivity (Wildman–Crippen MR) is 36.7 cm³/mol. The van der Waals surface area contributed by atoms with E-state index in [1.807, 2.05) is 6.92 Å². The van der Waals surface area contributed by atoms with Crippen molar-refractivity contribution in [3.63, 3.8) is 0 Å². The van der Waals surface area contributed by atoms with Crippen LogP contribution < -0.4 is 0 Å². The van der Waals surface area contributed by atoms with E-state index in [0.717, 1.165) is 6.42 Å². The Hall–Kier alpha value is -0.510. The standard InChI is InChI=1S/C7H12F2O2/c1-2-3-6(10)4-11-5-7(8)9/h7H,2-5H2,1H3. The first-order chi connectivity index (χ1) is 5.16. The summed E-state index contributed by atoms with van der Waals surface area (Å²) in [6, 6.07) is 0. The van der Waals surface area contributed by atoms with E-state index in [2.05, 4.69) is 4.74 Å². The Morgan fingerprint density at radius 2 is 2.18 bits per heavy atom. The summed E-state index contributed by atoms with van der Waals surface area (Å²) in [5.74, 6) is -0.117. The van der Waals surface area contributed by atoms with Crippen molar-refractivity contribution in [2.75, 3.05) is 13.2 Å². The van der Waals surface area contributed by atoms with Gasteiger partial charge < -0.3 is 4.74 Å². The third-order valence-corrected chi connectivity index (χ3v) is 1.04. The minimum absolute atomic E-state index is 0.117. The van der Waals surface area contributed by atoms with Gasteiger partial charge in [0.1, 0.15) is 13.2 Å². The summed E-state index contributed by atoms with van der Waals surface area (Å²) >= 11 is 0. The Kier molecular flexibility index (Phi) is 5.93. The minimum atomic E-state index is -2.48. The highest BCUT2D eigenvalue weighted by atomic mass is 19.3. The van der Waals surface area contributed by atoms with Gasteiger partial charge in [0.15, 0.2) is 5.78 Å². The highest BCUT2D eigenvalue weighted by Crippen LogP contribution is 1.94. The van der Waals surface area contributed by atoms with E-state index in [0.29, 0.717) is 6.42 Å². The van der Waals surface area contributed by atoms with Crippen LogP contribution in [0.5, 0.6) is 0 Å². The zero-order chi connectivity index (χ0) is 8.69. The molecule has 0 aromatic heterocycles. The molecule has 0 fully saturated rings. The Bertz CT molecular complexity index is 115. The zero-order valence-electron chi connectivity index (χ0n) is 6.48. The molecule has 0 heterocycles. The molecule has 0 aromatic carbocycles. The third kappa shape index (κ3) is 7.39. The average Bonchev–Trinajstić information content (AvgIpc) is 1.87. The molecular weight excluding hydrogens is 154 g/mol. The normalized spacial score (nSPS) is 10.5. The summed E-state index contributed by atoms with van der Waals surface area (Å²) in [6.07, 6.45) is -1.34. The Morgan fingerprint density at radius 1 is 1.55 bits per heavy atom. The molecule has 2 nitrogen and oxygen atoms in total. The molecule has 4 heteroatoms. The summed E-state index contributed by atoms with van der Waals surface area (Å²) in [6.45, 7) is 1.03. The van der Waals surface area contributed by atoms with Crippen LogP contribution in [-0.2, 0) is 9.53 Å². The van der Waals surface area contributed by atoms with Gasteiger partial charge >= 0.3 is 0 Å². The fourth-order valence-electron chi connectivity index (χ4n) is 0.613. The van der Waals surface area contributed by atoms with Gasteiger partial charge in [-0.05, 0) is 6.42 Å². The van der Waals surface area contributed by atoms with E-state index in [1.54, 1.807) is 0 Å². The van der Waals surface area contributed by atoms with Gasteiger partial charge in [-0.25, -0.2) is 8.78 Å². The molecule has 0 spiro atoms. The number of Topliss-reactive ketones (excluding diaryl/α,β-unsaturated/α-hetero) is 1. The number of halogens is 2. The number of carbonyl (C=O) groups excluding carboxylic acids is 1. The number of hydrogen-bond acceptors (Lipinski definition) is 2. The van der Waals surface area contributed by atoms with E-state index in [4.69, 9.17) is 0 Å². The summed E-state index contributed by atoms with van der Waals surface area (Å²) in [5, 5.41) is 0. The molecule has 0 N–H and O–H groups in total. The van der Waals surface area contributed by atoms with Crippen molar-refractivity contribution < 1.29 is 18.3 Å². The molecule has 0 amide bonds. The molecule has 0 aromatic rings. The number of carbonyl (C=O) groups is 1. The second kappa shape index (κ2) is 6.22. The monoisotopic (exact) mass is 166 g/mol. The summed E-state index contributed by atoms with van der Waals surface area (Å²) in [7, 11) is 0. The van der Waals surface area contributed by atoms with Gasteiger partial charge in [0, 0.05) is 6.42 Å². The lowest BCUT2D eigenvalue weighted by Gasteiger charge is -2.00. The minimum Gasteiger partial charge on any atom is -0.368 e. The molecule has 0 radical (unpaired) electrons. The lowest BCUT2D eigenvalue weighted by molar-refractivity contribution is -0.124. The fraction of sp³-hybridized carbons (Fsp3) is 0.857. The van der Waals surface area contributed by atoms with Crippen LogP contribution in [0.25, 0.3) is 0 Å². The van der Waals surface area contributed by atoms with E-state index in [-0.39, 0.29) is 12.4 Å². The van der Waals surface area contributed by atoms with Gasteiger partial charge in [0.2, 0.25) is 0 Å². The Morgan fingerprint density at radius 3 is 2.64 bits per heavy atom. The van der Waals surface area contributed by atoms with Crippen LogP contribution >= 0.6 is 0 Å². The van der Waals surface area contributed by atoms with Crippen molar-refractivity contribution in [1.82, 2.24) is 0 Å². The van der Waals surface area contributed by atoms with Crippen molar-refractivity contribution in [2.24, 2.45) is 0 Å².